The third kappa shape index (κ3) is 4.32. The van der Waals surface area contributed by atoms with Crippen LogP contribution in [-0.4, -0.2) is 22.1 Å². The number of aliphatic carboxylic acids is 1. The van der Waals surface area contributed by atoms with Crippen molar-refractivity contribution in [1.29, 1.82) is 0 Å². The number of fused-ring (bicyclic) bond motifs is 1. The molecule has 0 aliphatic rings. The number of phenols is 1. The predicted molar refractivity (Wildman–Crippen MR) is 121 cm³/mol. The van der Waals surface area contributed by atoms with Crippen LogP contribution in [0, 0.1) is 0 Å². The Morgan fingerprint density at radius 3 is 2.25 bits per heavy atom. The number of rotatable bonds is 6. The maximum atomic E-state index is 12.9. The Balaban J connectivity index is 1.66. The van der Waals surface area contributed by atoms with Gasteiger partial charge in [0.05, 0.1) is 11.3 Å². The molecule has 4 rings (SSSR count). The number of benzene rings is 4. The summed E-state index contributed by atoms with van der Waals surface area (Å²) in [4.78, 5) is 24.7. The van der Waals surface area contributed by atoms with Crippen LogP contribution in [0.3, 0.4) is 0 Å². The van der Waals surface area contributed by atoms with Gasteiger partial charge in [0, 0.05) is 5.39 Å². The minimum absolute atomic E-state index is 0.0376. The Hall–Kier alpha value is -4.52. The first kappa shape index (κ1) is 20.7. The number of phenolic OH excluding ortho intramolecular Hbond substituents is 1. The topological polar surface area (TPSA) is 111 Å². The van der Waals surface area contributed by atoms with Gasteiger partial charge >= 0.3 is 5.97 Å². The first-order valence-corrected chi connectivity index (χ1v) is 9.84. The zero-order chi connectivity index (χ0) is 22.5. The first-order valence-electron chi connectivity index (χ1n) is 9.84. The summed E-state index contributed by atoms with van der Waals surface area (Å²) < 4.78 is 0. The van der Waals surface area contributed by atoms with Crippen LogP contribution in [-0.2, 0) is 4.79 Å². The normalized spacial score (nSPS) is 12.0. The summed E-state index contributed by atoms with van der Waals surface area (Å²) in [5.41, 5.74) is 1.15. The molecular weight excluding hydrogens is 406 g/mol. The summed E-state index contributed by atoms with van der Waals surface area (Å²) in [6.45, 7) is 0. The molecule has 1 atom stereocenters. The van der Waals surface area contributed by atoms with Gasteiger partial charge in [-0.05, 0) is 29.1 Å². The molecule has 4 aromatic rings. The lowest BCUT2D eigenvalue weighted by Crippen LogP contribution is -2.33. The minimum Gasteiger partial charge on any atom is -0.506 e. The van der Waals surface area contributed by atoms with E-state index in [0.717, 1.165) is 5.39 Å². The fourth-order valence-electron chi connectivity index (χ4n) is 3.35. The fourth-order valence-corrected chi connectivity index (χ4v) is 3.35. The molecule has 1 amide bonds. The summed E-state index contributed by atoms with van der Waals surface area (Å²) in [6, 6.07) is 24.4. The lowest BCUT2D eigenvalue weighted by Gasteiger charge is -2.15. The number of nitrogens with zero attached hydrogens (tertiary/aromatic N) is 2. The van der Waals surface area contributed by atoms with E-state index >= 15 is 0 Å². The molecular formula is C25H19N3O4. The molecule has 0 radical (unpaired) electrons. The summed E-state index contributed by atoms with van der Waals surface area (Å²) in [5, 5.41) is 32.4. The molecule has 3 N–H and O–H groups in total. The number of aromatic hydroxyl groups is 1. The van der Waals surface area contributed by atoms with Crippen molar-refractivity contribution in [2.24, 2.45) is 10.2 Å². The number of carbonyl (C=O) groups excluding carboxylic acids is 1. The average molecular weight is 425 g/mol. The maximum absolute atomic E-state index is 12.9. The highest BCUT2D eigenvalue weighted by atomic mass is 16.4. The van der Waals surface area contributed by atoms with Crippen molar-refractivity contribution in [3.05, 3.63) is 102 Å². The zero-order valence-corrected chi connectivity index (χ0v) is 16.8. The van der Waals surface area contributed by atoms with E-state index in [-0.39, 0.29) is 22.7 Å². The summed E-state index contributed by atoms with van der Waals surface area (Å²) >= 11 is 0. The van der Waals surface area contributed by atoms with Crippen molar-refractivity contribution in [3.63, 3.8) is 0 Å². The lowest BCUT2D eigenvalue weighted by molar-refractivity contribution is -0.139. The summed E-state index contributed by atoms with van der Waals surface area (Å²) in [6.07, 6.45) is 0. The molecule has 0 fully saturated rings. The van der Waals surface area contributed by atoms with Gasteiger partial charge in [0.2, 0.25) is 0 Å². The van der Waals surface area contributed by atoms with Gasteiger partial charge in [0.15, 0.2) is 6.04 Å². The zero-order valence-electron chi connectivity index (χ0n) is 16.8. The van der Waals surface area contributed by atoms with E-state index in [1.165, 1.54) is 12.1 Å². The van der Waals surface area contributed by atoms with Crippen LogP contribution in [0.15, 0.2) is 101 Å². The Bertz CT molecular complexity index is 1320. The van der Waals surface area contributed by atoms with Crippen molar-refractivity contribution >= 4 is 34.0 Å². The highest BCUT2D eigenvalue weighted by molar-refractivity contribution is 6.01. The Morgan fingerprint density at radius 1 is 0.781 bits per heavy atom. The fraction of sp³-hybridized carbons (Fsp3) is 0.0400. The van der Waals surface area contributed by atoms with Crippen LogP contribution >= 0.6 is 0 Å². The lowest BCUT2D eigenvalue weighted by atomic mass is 10.1. The third-order valence-electron chi connectivity index (χ3n) is 4.94. The number of carbonyl (C=O) groups is 2. The van der Waals surface area contributed by atoms with Crippen LogP contribution in [0.25, 0.3) is 10.8 Å². The van der Waals surface area contributed by atoms with Gasteiger partial charge in [-0.2, -0.15) is 0 Å². The summed E-state index contributed by atoms with van der Waals surface area (Å²) in [5.74, 6) is -1.81. The highest BCUT2D eigenvalue weighted by Gasteiger charge is 2.23. The quantitative estimate of drug-likeness (QED) is 0.353. The molecule has 32 heavy (non-hydrogen) atoms. The molecule has 4 aromatic carbocycles. The standard InChI is InChI=1S/C25H19N3O4/c29-21-15-14-16-8-4-5-11-18(16)23(21)28-27-20-13-7-6-12-19(20)24(30)26-22(25(31)32)17-9-2-1-3-10-17/h1-15,22,29H,(H,26,30)(H,31,32)/t22-/m1/s1. The summed E-state index contributed by atoms with van der Waals surface area (Å²) in [7, 11) is 0. The van der Waals surface area contributed by atoms with Crippen molar-refractivity contribution < 1.29 is 19.8 Å². The number of carboxylic acids is 1. The molecule has 0 heterocycles. The maximum Gasteiger partial charge on any atom is 0.330 e. The number of amides is 1. The number of azo groups is 1. The van der Waals surface area contributed by atoms with Gasteiger partial charge in [-0.25, -0.2) is 4.79 Å². The highest BCUT2D eigenvalue weighted by Crippen LogP contribution is 2.36. The molecule has 158 valence electrons. The Labute approximate surface area is 183 Å². The first-order chi connectivity index (χ1) is 15.5. The van der Waals surface area contributed by atoms with Crippen molar-refractivity contribution in [1.82, 2.24) is 5.32 Å². The van der Waals surface area contributed by atoms with Crippen molar-refractivity contribution in [2.45, 2.75) is 6.04 Å². The van der Waals surface area contributed by atoms with Crippen LogP contribution in [0.4, 0.5) is 11.4 Å². The van der Waals surface area contributed by atoms with Crippen LogP contribution < -0.4 is 5.32 Å². The molecule has 0 bridgehead atoms. The monoisotopic (exact) mass is 425 g/mol. The Morgan fingerprint density at radius 2 is 1.47 bits per heavy atom. The molecule has 0 aromatic heterocycles. The molecule has 7 heteroatoms. The predicted octanol–water partition coefficient (Wildman–Crippen LogP) is 5.52. The third-order valence-corrected chi connectivity index (χ3v) is 4.94. The largest absolute Gasteiger partial charge is 0.506 e. The van der Waals surface area contributed by atoms with Crippen LogP contribution in [0.1, 0.15) is 22.0 Å². The molecule has 7 nitrogen and oxygen atoms in total. The van der Waals surface area contributed by atoms with Crippen LogP contribution in [0.5, 0.6) is 5.75 Å². The average Bonchev–Trinajstić information content (AvgIpc) is 2.82. The minimum atomic E-state index is -1.21. The molecule has 0 spiro atoms. The molecule has 0 aliphatic heterocycles. The van der Waals surface area contributed by atoms with Gasteiger partial charge < -0.3 is 15.5 Å². The van der Waals surface area contributed by atoms with Gasteiger partial charge in [0.1, 0.15) is 11.4 Å². The second-order valence-corrected chi connectivity index (χ2v) is 7.03. The Kier molecular flexibility index (Phi) is 5.89. The van der Waals surface area contributed by atoms with Gasteiger partial charge in [-0.1, -0.05) is 72.8 Å². The SMILES string of the molecule is O=C(N[C@@H](C(=O)O)c1ccccc1)c1ccccc1N=Nc1c(O)ccc2ccccc12. The molecule has 0 unspecified atom stereocenters. The second kappa shape index (κ2) is 9.09. The second-order valence-electron chi connectivity index (χ2n) is 7.03. The molecule has 0 saturated carbocycles. The van der Waals surface area contributed by atoms with Gasteiger partial charge in [-0.15, -0.1) is 10.2 Å². The number of hydrogen-bond acceptors (Lipinski definition) is 5. The smallest absolute Gasteiger partial charge is 0.330 e. The van der Waals surface area contributed by atoms with E-state index in [1.807, 2.05) is 24.3 Å². The van der Waals surface area contributed by atoms with E-state index < -0.39 is 17.9 Å². The van der Waals surface area contributed by atoms with E-state index in [4.69, 9.17) is 0 Å². The molecule has 0 aliphatic carbocycles. The van der Waals surface area contributed by atoms with Crippen LogP contribution in [0.2, 0.25) is 0 Å². The number of hydrogen-bond donors (Lipinski definition) is 3. The van der Waals surface area contributed by atoms with E-state index in [1.54, 1.807) is 54.6 Å². The van der Waals surface area contributed by atoms with Crippen molar-refractivity contribution in [2.75, 3.05) is 0 Å². The van der Waals surface area contributed by atoms with Gasteiger partial charge in [0.25, 0.3) is 5.91 Å². The van der Waals surface area contributed by atoms with E-state index in [0.29, 0.717) is 10.9 Å². The van der Waals surface area contributed by atoms with E-state index in [9.17, 15) is 19.8 Å². The van der Waals surface area contributed by atoms with E-state index in [2.05, 4.69) is 15.5 Å². The number of nitrogens with one attached hydrogen (secondary N) is 1. The van der Waals surface area contributed by atoms with Crippen molar-refractivity contribution in [3.8, 4) is 5.75 Å². The molecule has 0 saturated heterocycles. The number of carboxylic acid groups (broad SMARTS) is 1. The van der Waals surface area contributed by atoms with Gasteiger partial charge in [-0.3, -0.25) is 4.79 Å².